The summed E-state index contributed by atoms with van der Waals surface area (Å²) in [6.45, 7) is 16.1. The quantitative estimate of drug-likeness (QED) is 0.577. The summed E-state index contributed by atoms with van der Waals surface area (Å²) in [4.78, 5) is 0. The molecule has 0 nitrogen and oxygen atoms in total. The van der Waals surface area contributed by atoms with Crippen LogP contribution in [0, 0.1) is 23.2 Å². The van der Waals surface area contributed by atoms with E-state index in [4.69, 9.17) is 0 Å². The van der Waals surface area contributed by atoms with Crippen LogP contribution in [0.1, 0.15) is 67.7 Å². The number of hydrogen-bond donors (Lipinski definition) is 0. The monoisotopic (exact) mass is 198 g/mol. The van der Waals surface area contributed by atoms with E-state index in [1.54, 1.807) is 0 Å². The molecule has 1 aliphatic rings. The van der Waals surface area contributed by atoms with Gasteiger partial charge in [-0.15, -0.1) is 0 Å². The molecule has 0 saturated heterocycles. The first-order chi connectivity index (χ1) is 6.31. The third-order valence-corrected chi connectivity index (χ3v) is 3.80. The Balaban J connectivity index is 0.000000255. The van der Waals surface area contributed by atoms with Gasteiger partial charge in [0.15, 0.2) is 0 Å². The lowest BCUT2D eigenvalue weighted by Gasteiger charge is -2.48. The number of hydrogen-bond acceptors (Lipinski definition) is 0. The molecule has 0 aliphatic heterocycles. The van der Waals surface area contributed by atoms with E-state index < -0.39 is 0 Å². The standard InChI is InChI=1S/C8H16.C6H14/c1-6-5-8(3,4)7(6)2;1-4-5-6(2)3/h6-7H,5H2,1-4H3;6H,4-5H2,1-3H3. The molecule has 0 N–H and O–H groups in total. The van der Waals surface area contributed by atoms with E-state index in [9.17, 15) is 0 Å². The Kier molecular flexibility index (Phi) is 5.78. The summed E-state index contributed by atoms with van der Waals surface area (Å²) in [6.07, 6.45) is 4.13. The highest BCUT2D eigenvalue weighted by Crippen LogP contribution is 2.49. The lowest BCUT2D eigenvalue weighted by molar-refractivity contribution is 0.0151. The summed E-state index contributed by atoms with van der Waals surface area (Å²) >= 11 is 0. The minimum atomic E-state index is 0.652. The van der Waals surface area contributed by atoms with Crippen molar-refractivity contribution in [3.63, 3.8) is 0 Å². The van der Waals surface area contributed by atoms with Gasteiger partial charge in [-0.3, -0.25) is 0 Å². The molecule has 86 valence electrons. The molecular weight excluding hydrogens is 168 g/mol. The Morgan fingerprint density at radius 2 is 1.71 bits per heavy atom. The summed E-state index contributed by atoms with van der Waals surface area (Å²) in [5.41, 5.74) is 0.652. The van der Waals surface area contributed by atoms with E-state index in [0.717, 1.165) is 17.8 Å². The van der Waals surface area contributed by atoms with Crippen molar-refractivity contribution in [2.24, 2.45) is 23.2 Å². The average molecular weight is 198 g/mol. The molecule has 0 heterocycles. The smallest absolute Gasteiger partial charge is 0.0323 e. The fourth-order valence-corrected chi connectivity index (χ4v) is 2.38. The molecule has 0 radical (unpaired) electrons. The van der Waals surface area contributed by atoms with Crippen molar-refractivity contribution in [1.29, 1.82) is 0 Å². The highest BCUT2D eigenvalue weighted by molar-refractivity contribution is 4.90. The van der Waals surface area contributed by atoms with Crippen LogP contribution in [-0.2, 0) is 0 Å². The molecule has 0 aromatic rings. The third kappa shape index (κ3) is 4.48. The Hall–Kier alpha value is 0. The second kappa shape index (κ2) is 5.78. The van der Waals surface area contributed by atoms with E-state index in [2.05, 4.69) is 48.5 Å². The second-order valence-electron chi connectivity index (χ2n) is 6.14. The van der Waals surface area contributed by atoms with Gasteiger partial charge in [-0.2, -0.15) is 0 Å². The summed E-state index contributed by atoms with van der Waals surface area (Å²) in [5.74, 6) is 2.82. The van der Waals surface area contributed by atoms with Crippen LogP contribution in [0.25, 0.3) is 0 Å². The molecule has 2 unspecified atom stereocenters. The van der Waals surface area contributed by atoms with Crippen molar-refractivity contribution >= 4 is 0 Å². The zero-order chi connectivity index (χ0) is 11.4. The van der Waals surface area contributed by atoms with Crippen LogP contribution in [0.15, 0.2) is 0 Å². The van der Waals surface area contributed by atoms with E-state index in [-0.39, 0.29) is 0 Å². The van der Waals surface area contributed by atoms with Gasteiger partial charge in [0.2, 0.25) is 0 Å². The van der Waals surface area contributed by atoms with Gasteiger partial charge < -0.3 is 0 Å². The summed E-state index contributed by atoms with van der Waals surface area (Å²) in [6, 6.07) is 0. The molecule has 1 fully saturated rings. The van der Waals surface area contributed by atoms with Crippen molar-refractivity contribution in [2.75, 3.05) is 0 Å². The third-order valence-electron chi connectivity index (χ3n) is 3.80. The van der Waals surface area contributed by atoms with E-state index in [1.807, 2.05) is 0 Å². The molecule has 0 spiro atoms. The molecule has 0 aromatic carbocycles. The maximum Gasteiger partial charge on any atom is -0.0323 e. The average Bonchev–Trinajstić information content (AvgIpc) is 2.04. The van der Waals surface area contributed by atoms with Crippen molar-refractivity contribution < 1.29 is 0 Å². The molecule has 1 aliphatic carbocycles. The summed E-state index contributed by atoms with van der Waals surface area (Å²) in [5, 5.41) is 0. The second-order valence-corrected chi connectivity index (χ2v) is 6.14. The normalized spacial score (nSPS) is 29.1. The highest BCUT2D eigenvalue weighted by Gasteiger charge is 2.40. The van der Waals surface area contributed by atoms with E-state index in [1.165, 1.54) is 19.3 Å². The van der Waals surface area contributed by atoms with Crippen LogP contribution in [0.2, 0.25) is 0 Å². The van der Waals surface area contributed by atoms with Gasteiger partial charge in [-0.05, 0) is 29.6 Å². The van der Waals surface area contributed by atoms with Crippen LogP contribution in [-0.4, -0.2) is 0 Å². The largest absolute Gasteiger partial charge is 0.0654 e. The molecule has 1 rings (SSSR count). The van der Waals surface area contributed by atoms with Gasteiger partial charge in [0.25, 0.3) is 0 Å². The van der Waals surface area contributed by atoms with Crippen molar-refractivity contribution in [3.05, 3.63) is 0 Å². The predicted octanol–water partition coefficient (Wildman–Crippen LogP) is 5.13. The zero-order valence-corrected chi connectivity index (χ0v) is 11.4. The number of rotatable bonds is 2. The predicted molar refractivity (Wildman–Crippen MR) is 66.5 cm³/mol. The van der Waals surface area contributed by atoms with Gasteiger partial charge in [-0.25, -0.2) is 0 Å². The molecule has 1 saturated carbocycles. The molecule has 0 amide bonds. The lowest BCUT2D eigenvalue weighted by Crippen LogP contribution is -2.40. The lowest BCUT2D eigenvalue weighted by atomic mass is 9.57. The molecule has 2 atom stereocenters. The molecule has 0 bridgehead atoms. The minimum Gasteiger partial charge on any atom is -0.0654 e. The van der Waals surface area contributed by atoms with E-state index in [0.29, 0.717) is 5.41 Å². The maximum absolute atomic E-state index is 2.36. The zero-order valence-electron chi connectivity index (χ0n) is 11.4. The maximum atomic E-state index is 2.36. The fraction of sp³-hybridized carbons (Fsp3) is 1.00. The molecule has 14 heavy (non-hydrogen) atoms. The van der Waals surface area contributed by atoms with Crippen LogP contribution in [0.4, 0.5) is 0 Å². The van der Waals surface area contributed by atoms with Crippen molar-refractivity contribution in [2.45, 2.75) is 67.7 Å². The van der Waals surface area contributed by atoms with Gasteiger partial charge in [0.1, 0.15) is 0 Å². The Morgan fingerprint density at radius 1 is 1.21 bits per heavy atom. The van der Waals surface area contributed by atoms with Crippen LogP contribution in [0.3, 0.4) is 0 Å². The Labute approximate surface area is 91.5 Å². The van der Waals surface area contributed by atoms with Gasteiger partial charge in [0, 0.05) is 0 Å². The minimum absolute atomic E-state index is 0.652. The van der Waals surface area contributed by atoms with Crippen molar-refractivity contribution in [1.82, 2.24) is 0 Å². The van der Waals surface area contributed by atoms with Crippen LogP contribution < -0.4 is 0 Å². The van der Waals surface area contributed by atoms with Crippen LogP contribution >= 0.6 is 0 Å². The van der Waals surface area contributed by atoms with Crippen molar-refractivity contribution in [3.8, 4) is 0 Å². The Bertz CT molecular complexity index is 144. The van der Waals surface area contributed by atoms with Gasteiger partial charge >= 0.3 is 0 Å². The molecule has 0 heteroatoms. The first kappa shape index (κ1) is 14.0. The topological polar surface area (TPSA) is 0 Å². The van der Waals surface area contributed by atoms with E-state index >= 15 is 0 Å². The summed E-state index contributed by atoms with van der Waals surface area (Å²) < 4.78 is 0. The molecule has 0 aromatic heterocycles. The Morgan fingerprint density at radius 3 is 1.71 bits per heavy atom. The van der Waals surface area contributed by atoms with Gasteiger partial charge in [0.05, 0.1) is 0 Å². The summed E-state index contributed by atoms with van der Waals surface area (Å²) in [7, 11) is 0. The van der Waals surface area contributed by atoms with Crippen LogP contribution in [0.5, 0.6) is 0 Å². The highest BCUT2D eigenvalue weighted by atomic mass is 14.5. The fourth-order valence-electron chi connectivity index (χ4n) is 2.38. The first-order valence-corrected chi connectivity index (χ1v) is 6.31. The SMILES string of the molecule is CC1CC(C)(C)C1C.CCCC(C)C. The van der Waals surface area contributed by atoms with Gasteiger partial charge in [-0.1, -0.05) is 61.3 Å². The first-order valence-electron chi connectivity index (χ1n) is 6.31. The molecular formula is C14H30.